The van der Waals surface area contributed by atoms with Gasteiger partial charge in [-0.3, -0.25) is 4.79 Å². The Balaban J connectivity index is 1.79. The third-order valence-electron chi connectivity index (χ3n) is 4.31. The summed E-state index contributed by atoms with van der Waals surface area (Å²) in [6.07, 6.45) is 5.84. The average molecular weight is 313 g/mol. The topological polar surface area (TPSA) is 72.7 Å². The molecule has 3 rings (SSSR count). The summed E-state index contributed by atoms with van der Waals surface area (Å²) in [5.74, 6) is 0.676. The van der Waals surface area contributed by atoms with E-state index in [9.17, 15) is 4.79 Å². The Morgan fingerprint density at radius 2 is 2.04 bits per heavy atom. The highest BCUT2D eigenvalue weighted by atomic mass is 16.1. The van der Waals surface area contributed by atoms with Gasteiger partial charge in [0.2, 0.25) is 0 Å². The molecule has 23 heavy (non-hydrogen) atoms. The van der Waals surface area contributed by atoms with Crippen molar-refractivity contribution in [3.63, 3.8) is 0 Å². The second kappa shape index (κ2) is 6.89. The van der Waals surface area contributed by atoms with E-state index < -0.39 is 0 Å². The van der Waals surface area contributed by atoms with Crippen LogP contribution in [0.5, 0.6) is 0 Å². The fourth-order valence-corrected chi connectivity index (χ4v) is 3.05. The van der Waals surface area contributed by atoms with Crippen LogP contribution in [0.1, 0.15) is 62.4 Å². The molecule has 1 amide bonds. The fourth-order valence-electron chi connectivity index (χ4n) is 3.05. The Hall–Kier alpha value is -2.24. The predicted molar refractivity (Wildman–Crippen MR) is 88.0 cm³/mol. The quantitative estimate of drug-likeness (QED) is 0.942. The Morgan fingerprint density at radius 1 is 1.26 bits per heavy atom. The minimum atomic E-state index is -0.0117. The van der Waals surface area contributed by atoms with Crippen LogP contribution in [0.15, 0.2) is 24.3 Å². The molecule has 1 aliphatic rings. The zero-order valence-corrected chi connectivity index (χ0v) is 13.7. The largest absolute Gasteiger partial charge is 0.349 e. The molecular weight excluding hydrogens is 290 g/mol. The number of nitrogens with one attached hydrogen (secondary N) is 1. The van der Waals surface area contributed by atoms with Crippen LogP contribution in [0.3, 0.4) is 0 Å². The Morgan fingerprint density at radius 3 is 2.78 bits per heavy atom. The molecule has 0 radical (unpaired) electrons. The van der Waals surface area contributed by atoms with Crippen LogP contribution < -0.4 is 5.32 Å². The van der Waals surface area contributed by atoms with Gasteiger partial charge in [0.1, 0.15) is 0 Å². The second-order valence-electron chi connectivity index (χ2n) is 6.43. The summed E-state index contributed by atoms with van der Waals surface area (Å²) < 4.78 is 1.76. The van der Waals surface area contributed by atoms with Gasteiger partial charge in [-0.15, -0.1) is 5.10 Å². The number of tetrazole rings is 1. The predicted octanol–water partition coefficient (Wildman–Crippen LogP) is 2.98. The number of hydrogen-bond donors (Lipinski definition) is 1. The number of benzene rings is 1. The Labute approximate surface area is 136 Å². The van der Waals surface area contributed by atoms with Gasteiger partial charge in [-0.2, -0.15) is 0 Å². The molecule has 0 unspecified atom stereocenters. The van der Waals surface area contributed by atoms with Crippen molar-refractivity contribution in [1.82, 2.24) is 25.5 Å². The van der Waals surface area contributed by atoms with E-state index in [0.717, 1.165) is 18.4 Å². The lowest BCUT2D eigenvalue weighted by Gasteiger charge is -2.22. The van der Waals surface area contributed by atoms with Crippen LogP contribution in [0, 0.1) is 0 Å². The van der Waals surface area contributed by atoms with Crippen molar-refractivity contribution in [1.29, 1.82) is 0 Å². The number of amides is 1. The highest BCUT2D eigenvalue weighted by Gasteiger charge is 2.18. The van der Waals surface area contributed by atoms with Gasteiger partial charge in [0, 0.05) is 17.2 Å². The smallest absolute Gasteiger partial charge is 0.251 e. The van der Waals surface area contributed by atoms with E-state index in [4.69, 9.17) is 0 Å². The number of hydrogen-bond acceptors (Lipinski definition) is 4. The maximum absolute atomic E-state index is 12.5. The molecule has 122 valence electrons. The van der Waals surface area contributed by atoms with Gasteiger partial charge in [-0.1, -0.05) is 31.4 Å². The Bertz CT molecular complexity index is 673. The third-order valence-corrected chi connectivity index (χ3v) is 4.31. The summed E-state index contributed by atoms with van der Waals surface area (Å²) in [5, 5.41) is 15.0. The first kappa shape index (κ1) is 15.6. The summed E-state index contributed by atoms with van der Waals surface area (Å²) in [5.41, 5.74) is 1.52. The molecule has 6 heteroatoms. The van der Waals surface area contributed by atoms with Crippen molar-refractivity contribution in [2.75, 3.05) is 0 Å². The molecule has 0 saturated heterocycles. The monoisotopic (exact) mass is 313 g/mol. The van der Waals surface area contributed by atoms with Gasteiger partial charge in [0.25, 0.3) is 5.91 Å². The van der Waals surface area contributed by atoms with Gasteiger partial charge < -0.3 is 5.32 Å². The molecule has 1 aliphatic carbocycles. The lowest BCUT2D eigenvalue weighted by Crippen LogP contribution is -2.36. The molecule has 1 saturated carbocycles. The third kappa shape index (κ3) is 3.57. The molecular formula is C17H23N5O. The van der Waals surface area contributed by atoms with Gasteiger partial charge >= 0.3 is 0 Å². The van der Waals surface area contributed by atoms with E-state index in [1.165, 1.54) is 19.3 Å². The van der Waals surface area contributed by atoms with E-state index in [1.54, 1.807) is 4.68 Å². The summed E-state index contributed by atoms with van der Waals surface area (Å²) in [7, 11) is 0. The molecule has 1 aromatic carbocycles. The minimum Gasteiger partial charge on any atom is -0.349 e. The van der Waals surface area contributed by atoms with Crippen molar-refractivity contribution >= 4 is 5.91 Å². The van der Waals surface area contributed by atoms with Crippen LogP contribution in [0.2, 0.25) is 0 Å². The molecule has 1 N–H and O–H groups in total. The standard InChI is InChI=1S/C17H23N5O/c1-12(2)22-16(19-20-21-22)13-7-6-8-14(11-13)17(23)18-15-9-4-3-5-10-15/h6-8,11-12,15H,3-5,9-10H2,1-2H3,(H,18,23). The van der Waals surface area contributed by atoms with Gasteiger partial charge in [0.05, 0.1) is 6.04 Å². The zero-order valence-electron chi connectivity index (χ0n) is 13.7. The van der Waals surface area contributed by atoms with Crippen LogP contribution >= 0.6 is 0 Å². The normalized spacial score (nSPS) is 15.8. The number of carbonyl (C=O) groups excluding carboxylic acids is 1. The summed E-state index contributed by atoms with van der Waals surface area (Å²) >= 11 is 0. The number of nitrogens with zero attached hydrogens (tertiary/aromatic N) is 4. The summed E-state index contributed by atoms with van der Waals surface area (Å²) in [6.45, 7) is 4.05. The van der Waals surface area contributed by atoms with Crippen LogP contribution in [0.25, 0.3) is 11.4 Å². The highest BCUT2D eigenvalue weighted by Crippen LogP contribution is 2.21. The van der Waals surface area contributed by atoms with Crippen molar-refractivity contribution in [3.05, 3.63) is 29.8 Å². The van der Waals surface area contributed by atoms with E-state index >= 15 is 0 Å². The van der Waals surface area contributed by atoms with Gasteiger partial charge in [-0.05, 0) is 49.2 Å². The SMILES string of the molecule is CC(C)n1nnnc1-c1cccc(C(=O)NC2CCCCC2)c1. The fraction of sp³-hybridized carbons (Fsp3) is 0.529. The zero-order chi connectivity index (χ0) is 16.2. The number of aromatic nitrogens is 4. The van der Waals surface area contributed by atoms with Gasteiger partial charge in [0.15, 0.2) is 5.82 Å². The number of carbonyl (C=O) groups is 1. The van der Waals surface area contributed by atoms with E-state index in [-0.39, 0.29) is 11.9 Å². The lowest BCUT2D eigenvalue weighted by atomic mass is 9.95. The Kier molecular flexibility index (Phi) is 4.69. The molecule has 1 heterocycles. The molecule has 6 nitrogen and oxygen atoms in total. The molecule has 0 atom stereocenters. The van der Waals surface area contributed by atoms with Crippen LogP contribution in [-0.4, -0.2) is 32.2 Å². The summed E-state index contributed by atoms with van der Waals surface area (Å²) in [4.78, 5) is 12.5. The molecule has 2 aromatic rings. The van der Waals surface area contributed by atoms with Crippen molar-refractivity contribution in [2.24, 2.45) is 0 Å². The second-order valence-corrected chi connectivity index (χ2v) is 6.43. The van der Waals surface area contributed by atoms with Crippen molar-refractivity contribution in [3.8, 4) is 11.4 Å². The van der Waals surface area contributed by atoms with Crippen molar-refractivity contribution < 1.29 is 4.79 Å². The van der Waals surface area contributed by atoms with Crippen LogP contribution in [0.4, 0.5) is 0 Å². The van der Waals surface area contributed by atoms with Gasteiger partial charge in [-0.25, -0.2) is 4.68 Å². The lowest BCUT2D eigenvalue weighted by molar-refractivity contribution is 0.0928. The first-order valence-electron chi connectivity index (χ1n) is 8.34. The van der Waals surface area contributed by atoms with E-state index in [1.807, 2.05) is 38.1 Å². The maximum Gasteiger partial charge on any atom is 0.251 e. The molecule has 0 bridgehead atoms. The highest BCUT2D eigenvalue weighted by molar-refractivity contribution is 5.95. The first-order chi connectivity index (χ1) is 11.1. The van der Waals surface area contributed by atoms with E-state index in [0.29, 0.717) is 17.4 Å². The molecule has 1 aromatic heterocycles. The average Bonchev–Trinajstić information content (AvgIpc) is 3.06. The van der Waals surface area contributed by atoms with E-state index in [2.05, 4.69) is 20.8 Å². The number of rotatable bonds is 4. The molecule has 1 fully saturated rings. The van der Waals surface area contributed by atoms with Crippen molar-refractivity contribution in [2.45, 2.75) is 58.0 Å². The maximum atomic E-state index is 12.5. The minimum absolute atomic E-state index is 0.0117. The molecule has 0 spiro atoms. The molecule has 0 aliphatic heterocycles. The first-order valence-corrected chi connectivity index (χ1v) is 8.34. The summed E-state index contributed by atoms with van der Waals surface area (Å²) in [6, 6.07) is 7.99. The van der Waals surface area contributed by atoms with Crippen LogP contribution in [-0.2, 0) is 0 Å².